The average molecular weight is 255 g/mol. The molecule has 0 aliphatic carbocycles. The van der Waals surface area contributed by atoms with Crippen LogP contribution in [-0.4, -0.2) is 47.7 Å². The highest BCUT2D eigenvalue weighted by molar-refractivity contribution is 7.16. The van der Waals surface area contributed by atoms with Crippen molar-refractivity contribution in [2.24, 2.45) is 5.92 Å². The number of likely N-dealkylation sites (tertiary alicyclic amines) is 1. The number of aromatic nitrogens is 2. The number of nitrogen functional groups attached to an aromatic ring is 1. The van der Waals surface area contributed by atoms with E-state index in [0.717, 1.165) is 24.4 Å². The molecule has 1 atom stereocenters. The summed E-state index contributed by atoms with van der Waals surface area (Å²) in [7, 11) is 2.11. The number of nitrogens with zero attached hydrogens (tertiary/aromatic N) is 3. The van der Waals surface area contributed by atoms with E-state index >= 15 is 0 Å². The molecule has 0 saturated carbocycles. The Hall–Kier alpha value is -1.21. The van der Waals surface area contributed by atoms with E-state index in [-0.39, 0.29) is 5.91 Å². The largest absolute Gasteiger partial charge is 0.374 e. The second kappa shape index (κ2) is 5.42. The monoisotopic (exact) mass is 255 g/mol. The molecule has 2 heterocycles. The number of nitrogens with two attached hydrogens (primary N) is 1. The Labute approximate surface area is 104 Å². The summed E-state index contributed by atoms with van der Waals surface area (Å²) in [5, 5.41) is 10.9. The van der Waals surface area contributed by atoms with Gasteiger partial charge in [-0.2, -0.15) is 0 Å². The van der Waals surface area contributed by atoms with Gasteiger partial charge in [0.25, 0.3) is 5.91 Å². The first-order chi connectivity index (χ1) is 8.15. The summed E-state index contributed by atoms with van der Waals surface area (Å²) in [5.41, 5.74) is 5.43. The lowest BCUT2D eigenvalue weighted by atomic mass is 9.98. The molecule has 1 aliphatic heterocycles. The predicted molar refractivity (Wildman–Crippen MR) is 66.9 cm³/mol. The van der Waals surface area contributed by atoms with Crippen molar-refractivity contribution < 1.29 is 4.79 Å². The molecule has 1 unspecified atom stereocenters. The lowest BCUT2D eigenvalue weighted by Crippen LogP contribution is -2.39. The Morgan fingerprint density at radius 2 is 2.47 bits per heavy atom. The third-order valence-electron chi connectivity index (χ3n) is 2.91. The highest BCUT2D eigenvalue weighted by Gasteiger charge is 2.19. The van der Waals surface area contributed by atoms with Gasteiger partial charge >= 0.3 is 0 Å². The van der Waals surface area contributed by atoms with E-state index < -0.39 is 0 Å². The average Bonchev–Trinajstić information content (AvgIpc) is 2.73. The number of carbonyl (C=O) groups is 1. The fourth-order valence-electron chi connectivity index (χ4n) is 2.08. The van der Waals surface area contributed by atoms with Crippen LogP contribution in [0.15, 0.2) is 0 Å². The summed E-state index contributed by atoms with van der Waals surface area (Å²) in [6.45, 7) is 2.89. The van der Waals surface area contributed by atoms with Crippen molar-refractivity contribution in [1.29, 1.82) is 0 Å². The SMILES string of the molecule is CN1CCCC(CNC(=O)c2nnc(N)s2)C1. The lowest BCUT2D eigenvalue weighted by Gasteiger charge is -2.29. The van der Waals surface area contributed by atoms with Crippen LogP contribution in [0, 0.1) is 5.92 Å². The van der Waals surface area contributed by atoms with Gasteiger partial charge in [-0.25, -0.2) is 0 Å². The van der Waals surface area contributed by atoms with Crippen molar-refractivity contribution in [3.63, 3.8) is 0 Å². The van der Waals surface area contributed by atoms with Crippen LogP contribution in [0.3, 0.4) is 0 Å². The molecule has 0 aromatic carbocycles. The molecule has 2 rings (SSSR count). The zero-order valence-electron chi connectivity index (χ0n) is 9.85. The van der Waals surface area contributed by atoms with Gasteiger partial charge in [0, 0.05) is 13.1 Å². The molecular formula is C10H17N5OS. The van der Waals surface area contributed by atoms with E-state index in [1.165, 1.54) is 12.8 Å². The first-order valence-corrected chi connectivity index (χ1v) is 6.52. The first-order valence-electron chi connectivity index (χ1n) is 5.71. The van der Waals surface area contributed by atoms with Crippen molar-refractivity contribution in [1.82, 2.24) is 20.4 Å². The van der Waals surface area contributed by atoms with Crippen LogP contribution in [0.1, 0.15) is 22.6 Å². The van der Waals surface area contributed by atoms with Crippen molar-refractivity contribution in [2.45, 2.75) is 12.8 Å². The van der Waals surface area contributed by atoms with Crippen molar-refractivity contribution >= 4 is 22.4 Å². The van der Waals surface area contributed by atoms with Crippen LogP contribution in [0.25, 0.3) is 0 Å². The molecule has 1 aromatic heterocycles. The number of carbonyl (C=O) groups excluding carboxylic acids is 1. The minimum atomic E-state index is -0.174. The van der Waals surface area contributed by atoms with Crippen LogP contribution in [0.4, 0.5) is 5.13 Å². The summed E-state index contributed by atoms with van der Waals surface area (Å²) in [5.74, 6) is 0.357. The van der Waals surface area contributed by atoms with Crippen molar-refractivity contribution in [3.8, 4) is 0 Å². The van der Waals surface area contributed by atoms with Crippen molar-refractivity contribution in [2.75, 3.05) is 32.4 Å². The summed E-state index contributed by atoms with van der Waals surface area (Å²) >= 11 is 1.12. The smallest absolute Gasteiger partial charge is 0.282 e. The van der Waals surface area contributed by atoms with Gasteiger partial charge in [0.2, 0.25) is 10.1 Å². The number of amides is 1. The van der Waals surface area contributed by atoms with Crippen LogP contribution < -0.4 is 11.1 Å². The molecule has 1 aromatic rings. The number of anilines is 1. The molecule has 1 amide bonds. The maximum atomic E-state index is 11.7. The Bertz CT molecular complexity index is 394. The maximum Gasteiger partial charge on any atom is 0.282 e. The first kappa shape index (κ1) is 12.3. The maximum absolute atomic E-state index is 11.7. The number of hydrogen-bond acceptors (Lipinski definition) is 6. The Kier molecular flexibility index (Phi) is 3.90. The topological polar surface area (TPSA) is 84.1 Å². The second-order valence-corrected chi connectivity index (χ2v) is 5.44. The summed E-state index contributed by atoms with van der Waals surface area (Å²) in [6, 6.07) is 0. The fourth-order valence-corrected chi connectivity index (χ4v) is 2.61. The number of rotatable bonds is 3. The molecule has 3 N–H and O–H groups in total. The van der Waals surface area contributed by atoms with E-state index in [9.17, 15) is 4.79 Å². The van der Waals surface area contributed by atoms with Gasteiger partial charge in [-0.1, -0.05) is 11.3 Å². The normalized spacial score (nSPS) is 21.4. The lowest BCUT2D eigenvalue weighted by molar-refractivity contribution is 0.0935. The molecule has 1 aliphatic rings. The molecule has 94 valence electrons. The van der Waals surface area contributed by atoms with E-state index in [1.54, 1.807) is 0 Å². The minimum Gasteiger partial charge on any atom is -0.374 e. The number of piperidine rings is 1. The zero-order valence-corrected chi connectivity index (χ0v) is 10.7. The highest BCUT2D eigenvalue weighted by Crippen LogP contribution is 2.15. The quantitative estimate of drug-likeness (QED) is 0.805. The van der Waals surface area contributed by atoms with Gasteiger partial charge in [0.15, 0.2) is 0 Å². The molecular weight excluding hydrogens is 238 g/mol. The van der Waals surface area contributed by atoms with E-state index in [0.29, 0.717) is 22.6 Å². The number of hydrogen-bond donors (Lipinski definition) is 2. The number of nitrogens with one attached hydrogen (secondary N) is 1. The molecule has 6 nitrogen and oxygen atoms in total. The third-order valence-corrected chi connectivity index (χ3v) is 3.66. The second-order valence-electron chi connectivity index (χ2n) is 4.43. The van der Waals surface area contributed by atoms with Gasteiger partial charge in [-0.05, 0) is 32.4 Å². The molecule has 1 saturated heterocycles. The summed E-state index contributed by atoms with van der Waals surface area (Å²) in [4.78, 5) is 14.0. The molecule has 17 heavy (non-hydrogen) atoms. The van der Waals surface area contributed by atoms with Crippen LogP contribution in [0.5, 0.6) is 0 Å². The van der Waals surface area contributed by atoms with Gasteiger partial charge in [-0.3, -0.25) is 4.79 Å². The van der Waals surface area contributed by atoms with Gasteiger partial charge in [0.05, 0.1) is 0 Å². The van der Waals surface area contributed by atoms with Crippen LogP contribution in [-0.2, 0) is 0 Å². The summed E-state index contributed by atoms with van der Waals surface area (Å²) in [6.07, 6.45) is 2.37. The minimum absolute atomic E-state index is 0.174. The van der Waals surface area contributed by atoms with Gasteiger partial charge < -0.3 is 16.0 Å². The van der Waals surface area contributed by atoms with Crippen molar-refractivity contribution in [3.05, 3.63) is 5.01 Å². The molecule has 0 spiro atoms. The Morgan fingerprint density at radius 1 is 1.65 bits per heavy atom. The molecule has 0 radical (unpaired) electrons. The third kappa shape index (κ3) is 3.37. The van der Waals surface area contributed by atoms with Crippen LogP contribution >= 0.6 is 11.3 Å². The van der Waals surface area contributed by atoms with Crippen LogP contribution in [0.2, 0.25) is 0 Å². The highest BCUT2D eigenvalue weighted by atomic mass is 32.1. The van der Waals surface area contributed by atoms with Gasteiger partial charge in [-0.15, -0.1) is 10.2 Å². The van der Waals surface area contributed by atoms with E-state index in [2.05, 4.69) is 27.5 Å². The molecule has 7 heteroatoms. The Balaban J connectivity index is 1.80. The molecule has 1 fully saturated rings. The standard InChI is InChI=1S/C10H17N5OS/c1-15-4-2-3-7(6-15)5-12-8(16)9-13-14-10(11)17-9/h7H,2-6H2,1H3,(H2,11,14)(H,12,16). The summed E-state index contributed by atoms with van der Waals surface area (Å²) < 4.78 is 0. The van der Waals surface area contributed by atoms with Gasteiger partial charge in [0.1, 0.15) is 0 Å². The predicted octanol–water partition coefficient (Wildman–Crippen LogP) is 0.192. The van der Waals surface area contributed by atoms with E-state index in [1.807, 2.05) is 0 Å². The Morgan fingerprint density at radius 3 is 3.12 bits per heavy atom. The fraction of sp³-hybridized carbons (Fsp3) is 0.700. The molecule has 0 bridgehead atoms. The zero-order chi connectivity index (χ0) is 12.3. The van der Waals surface area contributed by atoms with E-state index in [4.69, 9.17) is 5.73 Å².